The Morgan fingerprint density at radius 3 is 2.33 bits per heavy atom. The molecule has 0 unspecified atom stereocenters. The van der Waals surface area contributed by atoms with E-state index in [9.17, 15) is 24.5 Å². The Kier molecular flexibility index (Phi) is 7.57. The summed E-state index contributed by atoms with van der Waals surface area (Å²) in [5.41, 5.74) is 1.31. The van der Waals surface area contributed by atoms with Crippen molar-refractivity contribution in [3.63, 3.8) is 0 Å². The summed E-state index contributed by atoms with van der Waals surface area (Å²) in [7, 11) is 0. The van der Waals surface area contributed by atoms with Crippen molar-refractivity contribution in [2.45, 2.75) is 11.8 Å². The fourth-order valence-corrected chi connectivity index (χ4v) is 3.64. The topological polar surface area (TPSA) is 116 Å². The molecule has 168 valence electrons. The third kappa shape index (κ3) is 5.64. The number of nitrogens with one attached hydrogen (secondary N) is 1. The molecule has 9 heteroatoms. The summed E-state index contributed by atoms with van der Waals surface area (Å²) in [5, 5.41) is 14.0. The molecule has 0 saturated heterocycles. The molecule has 0 atom stereocenters. The van der Waals surface area contributed by atoms with E-state index in [-0.39, 0.29) is 22.4 Å². The highest BCUT2D eigenvalue weighted by Gasteiger charge is 2.23. The van der Waals surface area contributed by atoms with Crippen LogP contribution >= 0.6 is 11.8 Å². The van der Waals surface area contributed by atoms with Gasteiger partial charge in [-0.1, -0.05) is 36.4 Å². The van der Waals surface area contributed by atoms with Gasteiger partial charge in [-0.15, -0.1) is 11.8 Å². The van der Waals surface area contributed by atoms with Crippen molar-refractivity contribution in [1.82, 2.24) is 0 Å². The number of benzene rings is 3. The smallest absolute Gasteiger partial charge is 0.339 e. The Balaban J connectivity index is 1.77. The number of amides is 1. The first-order chi connectivity index (χ1) is 15.8. The van der Waals surface area contributed by atoms with E-state index in [4.69, 9.17) is 4.74 Å². The minimum atomic E-state index is -0.853. The predicted octanol–water partition coefficient (Wildman–Crippen LogP) is 4.65. The molecule has 0 aliphatic carbocycles. The molecule has 3 aromatic rings. The van der Waals surface area contributed by atoms with Crippen LogP contribution in [0.2, 0.25) is 0 Å². The lowest BCUT2D eigenvalue weighted by molar-refractivity contribution is -0.387. The van der Waals surface area contributed by atoms with Gasteiger partial charge in [0.25, 0.3) is 11.6 Å². The van der Waals surface area contributed by atoms with Gasteiger partial charge in [0.2, 0.25) is 0 Å². The number of hydrogen-bond acceptors (Lipinski definition) is 7. The molecule has 3 aromatic carbocycles. The summed E-state index contributed by atoms with van der Waals surface area (Å²) < 4.78 is 5.11. The van der Waals surface area contributed by atoms with E-state index in [1.165, 1.54) is 42.1 Å². The summed E-state index contributed by atoms with van der Waals surface area (Å²) in [6.07, 6.45) is 1.70. The van der Waals surface area contributed by atoms with Gasteiger partial charge in [-0.2, -0.15) is 0 Å². The number of nitro groups is 1. The zero-order chi connectivity index (χ0) is 24.0. The Hall–Kier alpha value is -3.98. The maximum absolute atomic E-state index is 13.0. The van der Waals surface area contributed by atoms with Crippen molar-refractivity contribution in [2.75, 3.05) is 18.2 Å². The van der Waals surface area contributed by atoms with E-state index >= 15 is 0 Å². The van der Waals surface area contributed by atoms with Crippen LogP contribution in [-0.4, -0.2) is 35.4 Å². The molecule has 1 amide bonds. The summed E-state index contributed by atoms with van der Waals surface area (Å²) >= 11 is 1.19. The Bertz CT molecular complexity index is 1240. The van der Waals surface area contributed by atoms with E-state index in [1.807, 2.05) is 19.1 Å². The zero-order valence-corrected chi connectivity index (χ0v) is 18.7. The lowest BCUT2D eigenvalue weighted by atomic mass is 9.98. The first kappa shape index (κ1) is 23.7. The number of carbonyl (C=O) groups is 3. The number of aryl methyl sites for hydroxylation is 1. The second-order valence-corrected chi connectivity index (χ2v) is 7.81. The number of ketones is 1. The van der Waals surface area contributed by atoms with Crippen LogP contribution in [0.25, 0.3) is 0 Å². The lowest BCUT2D eigenvalue weighted by Crippen LogP contribution is -2.22. The van der Waals surface area contributed by atoms with Gasteiger partial charge in [0.05, 0.1) is 15.4 Å². The van der Waals surface area contributed by atoms with E-state index in [2.05, 4.69) is 5.32 Å². The van der Waals surface area contributed by atoms with Gasteiger partial charge in [-0.05, 0) is 43.0 Å². The SMILES string of the molecule is CSc1ccc(C(=O)c2ccccc2C(=O)OCC(=O)Nc2ccccc2C)cc1[N+](=O)[O-]. The third-order valence-corrected chi connectivity index (χ3v) is 5.57. The van der Waals surface area contributed by atoms with Crippen LogP contribution in [-0.2, 0) is 9.53 Å². The second-order valence-electron chi connectivity index (χ2n) is 6.96. The number of nitro benzene ring substituents is 1. The van der Waals surface area contributed by atoms with Crippen LogP contribution in [0, 0.1) is 17.0 Å². The van der Waals surface area contributed by atoms with E-state index in [0.717, 1.165) is 5.56 Å². The highest BCUT2D eigenvalue weighted by Crippen LogP contribution is 2.29. The maximum atomic E-state index is 13.0. The number of esters is 1. The minimum absolute atomic E-state index is 0.0213. The molecule has 0 bridgehead atoms. The number of anilines is 1. The molecule has 0 spiro atoms. The highest BCUT2D eigenvalue weighted by molar-refractivity contribution is 7.98. The molecule has 3 rings (SSSR count). The molecule has 33 heavy (non-hydrogen) atoms. The second kappa shape index (κ2) is 10.6. The molecule has 1 N–H and O–H groups in total. The summed E-state index contributed by atoms with van der Waals surface area (Å²) in [6.45, 7) is 1.29. The monoisotopic (exact) mass is 464 g/mol. The fraction of sp³-hybridized carbons (Fsp3) is 0.125. The van der Waals surface area contributed by atoms with E-state index in [1.54, 1.807) is 30.5 Å². The van der Waals surface area contributed by atoms with Crippen LogP contribution in [0.15, 0.2) is 71.6 Å². The van der Waals surface area contributed by atoms with Crippen LogP contribution in [0.5, 0.6) is 0 Å². The normalized spacial score (nSPS) is 10.4. The molecule has 0 aliphatic heterocycles. The largest absolute Gasteiger partial charge is 0.452 e. The molecular weight excluding hydrogens is 444 g/mol. The number of ether oxygens (including phenoxy) is 1. The Morgan fingerprint density at radius 1 is 1.00 bits per heavy atom. The highest BCUT2D eigenvalue weighted by atomic mass is 32.2. The molecule has 0 fully saturated rings. The number of carbonyl (C=O) groups excluding carboxylic acids is 3. The summed E-state index contributed by atoms with van der Waals surface area (Å²) in [6, 6.07) is 17.3. The Labute approximate surface area is 194 Å². The van der Waals surface area contributed by atoms with Crippen molar-refractivity contribution in [3.05, 3.63) is 99.1 Å². The quantitative estimate of drug-likeness (QED) is 0.170. The molecule has 0 saturated carbocycles. The average molecular weight is 464 g/mol. The molecule has 0 heterocycles. The van der Waals surface area contributed by atoms with Crippen LogP contribution in [0.3, 0.4) is 0 Å². The van der Waals surface area contributed by atoms with Crippen molar-refractivity contribution in [3.8, 4) is 0 Å². The van der Waals surface area contributed by atoms with Gasteiger partial charge in [0, 0.05) is 22.9 Å². The molecule has 0 radical (unpaired) electrons. The first-order valence-corrected chi connectivity index (χ1v) is 11.0. The van der Waals surface area contributed by atoms with Gasteiger partial charge >= 0.3 is 5.97 Å². The van der Waals surface area contributed by atoms with Crippen LogP contribution < -0.4 is 5.32 Å². The number of hydrogen-bond donors (Lipinski definition) is 1. The maximum Gasteiger partial charge on any atom is 0.339 e. The number of rotatable bonds is 8. The Morgan fingerprint density at radius 2 is 1.67 bits per heavy atom. The van der Waals surface area contributed by atoms with E-state index in [0.29, 0.717) is 10.6 Å². The number of para-hydroxylation sites is 1. The van der Waals surface area contributed by atoms with Crippen molar-refractivity contribution in [2.24, 2.45) is 0 Å². The summed E-state index contributed by atoms with van der Waals surface area (Å²) in [5.74, 6) is -1.94. The van der Waals surface area contributed by atoms with Gasteiger partial charge in [-0.25, -0.2) is 4.79 Å². The van der Waals surface area contributed by atoms with Crippen molar-refractivity contribution >= 4 is 40.8 Å². The van der Waals surface area contributed by atoms with Crippen molar-refractivity contribution in [1.29, 1.82) is 0 Å². The number of nitrogens with zero attached hydrogens (tertiary/aromatic N) is 1. The zero-order valence-electron chi connectivity index (χ0n) is 17.9. The summed E-state index contributed by atoms with van der Waals surface area (Å²) in [4.78, 5) is 49.1. The van der Waals surface area contributed by atoms with Crippen molar-refractivity contribution < 1.29 is 24.0 Å². The van der Waals surface area contributed by atoms with Gasteiger partial charge in [-0.3, -0.25) is 19.7 Å². The third-order valence-electron chi connectivity index (χ3n) is 4.78. The van der Waals surface area contributed by atoms with E-state index < -0.39 is 29.2 Å². The molecular formula is C24H20N2O6S. The number of thioether (sulfide) groups is 1. The van der Waals surface area contributed by atoms with Gasteiger partial charge in [0.1, 0.15) is 0 Å². The predicted molar refractivity (Wildman–Crippen MR) is 125 cm³/mol. The van der Waals surface area contributed by atoms with Gasteiger partial charge < -0.3 is 10.1 Å². The molecule has 8 nitrogen and oxygen atoms in total. The molecule has 0 aromatic heterocycles. The average Bonchev–Trinajstić information content (AvgIpc) is 2.83. The molecule has 0 aliphatic rings. The van der Waals surface area contributed by atoms with Gasteiger partial charge in [0.15, 0.2) is 12.4 Å². The fourth-order valence-electron chi connectivity index (χ4n) is 3.10. The lowest BCUT2D eigenvalue weighted by Gasteiger charge is -2.11. The van der Waals surface area contributed by atoms with Crippen LogP contribution in [0.1, 0.15) is 31.8 Å². The van der Waals surface area contributed by atoms with Crippen LogP contribution in [0.4, 0.5) is 11.4 Å². The first-order valence-electron chi connectivity index (χ1n) is 9.80. The minimum Gasteiger partial charge on any atom is -0.452 e. The standard InChI is InChI=1S/C24H20N2O6S/c1-15-7-3-6-10-19(15)25-22(27)14-32-24(29)18-9-5-4-8-17(18)23(28)16-11-12-21(33-2)20(13-16)26(30)31/h3-13H,14H2,1-2H3,(H,25,27).